The van der Waals surface area contributed by atoms with E-state index >= 15 is 0 Å². The van der Waals surface area contributed by atoms with Crippen LogP contribution in [0.15, 0.2) is 60.9 Å². The molecule has 2 aromatic carbocycles. The summed E-state index contributed by atoms with van der Waals surface area (Å²) in [4.78, 5) is 31.7. The Hall–Kier alpha value is -5.21. The average molecular weight is 721 g/mol. The molecule has 1 aliphatic carbocycles. The van der Waals surface area contributed by atoms with E-state index in [1.165, 1.54) is 5.56 Å². The van der Waals surface area contributed by atoms with Crippen LogP contribution in [0.25, 0.3) is 16.9 Å². The van der Waals surface area contributed by atoms with E-state index in [-0.39, 0.29) is 35.5 Å². The number of phenolic OH excluding ortho intramolecular Hbond substituents is 1. The van der Waals surface area contributed by atoms with Crippen molar-refractivity contribution in [2.24, 2.45) is 5.92 Å². The summed E-state index contributed by atoms with van der Waals surface area (Å²) in [5.41, 5.74) is 11.1. The van der Waals surface area contributed by atoms with Gasteiger partial charge in [0.05, 0.1) is 42.0 Å². The fraction of sp³-hybridized carbons (Fsp3) is 0.462. The van der Waals surface area contributed by atoms with Crippen molar-refractivity contribution >= 4 is 29.0 Å². The van der Waals surface area contributed by atoms with Gasteiger partial charge in [-0.05, 0) is 80.2 Å². The van der Waals surface area contributed by atoms with Gasteiger partial charge in [-0.25, -0.2) is 4.68 Å². The molecule has 0 radical (unpaired) electrons. The number of rotatable bonds is 7. The van der Waals surface area contributed by atoms with Crippen LogP contribution in [0.2, 0.25) is 0 Å². The number of anilines is 3. The number of ether oxygens (including phenoxy) is 1. The SMILES string of the molecule is Nc1nnc(-c2ccccc2O)cc1-n1cc(N2C[C@H]3C[C@H](C4CCC(c5cccc6c5OCCN6[C@@H]5CCC(=O)NC5=O)CC4)N3[C@@H](C[OH2+])C2)cn1. The van der Waals surface area contributed by atoms with Crippen LogP contribution in [0.4, 0.5) is 17.2 Å². The highest BCUT2D eigenvalue weighted by molar-refractivity contribution is 6.02. The Balaban J connectivity index is 0.848. The summed E-state index contributed by atoms with van der Waals surface area (Å²) < 4.78 is 8.01. The second kappa shape index (κ2) is 13.6. The van der Waals surface area contributed by atoms with E-state index in [4.69, 9.17) is 15.6 Å². The van der Waals surface area contributed by atoms with E-state index in [9.17, 15) is 14.7 Å². The van der Waals surface area contributed by atoms with Crippen molar-refractivity contribution in [2.75, 3.05) is 48.4 Å². The standard InChI is InChI=1S/C39H45N9O5/c40-38-34(17-30(43-44-38)29-4-1-2-7-35(29)50)47-21-26(18-41-47)45-19-25-16-33(48(25)27(20-45)22-49)24-10-8-23(9-11-24)28-5-3-6-31-37(28)53-15-14-46(31)32-12-13-36(51)42-39(32)52/h1-7,17-18,21,23-25,27,32-33,49-50H,8-16,19-20,22H2,(H2,40,44)(H,42,51,52)/p+1/t23?,24?,25-,27-,32-,33-/m1/s1. The molecule has 4 aromatic rings. The number of nitrogens with zero attached hydrogens (tertiary/aromatic N) is 7. The maximum absolute atomic E-state index is 12.7. The summed E-state index contributed by atoms with van der Waals surface area (Å²) in [6.07, 6.45) is 10.3. The van der Waals surface area contributed by atoms with Crippen molar-refractivity contribution in [3.8, 4) is 28.4 Å². The molecule has 6 heterocycles. The number of carbonyl (C=O) groups excluding carboxylic acids is 2. The molecule has 4 atom stereocenters. The fourth-order valence-corrected chi connectivity index (χ4v) is 9.62. The van der Waals surface area contributed by atoms with Gasteiger partial charge >= 0.3 is 0 Å². The molecule has 2 amide bonds. The van der Waals surface area contributed by atoms with Gasteiger partial charge in [0, 0.05) is 37.2 Å². The van der Waals surface area contributed by atoms with E-state index in [2.05, 4.69) is 47.4 Å². The molecule has 4 fully saturated rings. The number of para-hydroxylation sites is 2. The first-order valence-corrected chi connectivity index (χ1v) is 18.9. The smallest absolute Gasteiger partial charge is 0.249 e. The minimum Gasteiger partial charge on any atom is -0.507 e. The van der Waals surface area contributed by atoms with Gasteiger partial charge < -0.3 is 30.5 Å². The summed E-state index contributed by atoms with van der Waals surface area (Å²) in [7, 11) is 0. The third-order valence-corrected chi connectivity index (χ3v) is 12.3. The van der Waals surface area contributed by atoms with Gasteiger partial charge in [0.1, 0.15) is 29.8 Å². The van der Waals surface area contributed by atoms with Crippen molar-refractivity contribution < 1.29 is 24.5 Å². The molecule has 5 aliphatic rings. The number of nitrogens with one attached hydrogen (secondary N) is 1. The van der Waals surface area contributed by atoms with Gasteiger partial charge in [-0.2, -0.15) is 5.10 Å². The molecule has 1 saturated carbocycles. The van der Waals surface area contributed by atoms with Crippen LogP contribution < -0.4 is 25.6 Å². The van der Waals surface area contributed by atoms with Gasteiger partial charge in [-0.1, -0.05) is 24.3 Å². The number of phenols is 1. The zero-order chi connectivity index (χ0) is 36.2. The summed E-state index contributed by atoms with van der Waals surface area (Å²) in [5.74, 6) is 1.87. The number of amides is 2. The predicted octanol–water partition coefficient (Wildman–Crippen LogP) is 2.95. The van der Waals surface area contributed by atoms with Crippen molar-refractivity contribution in [2.45, 2.75) is 75.0 Å². The number of hydrogen-bond donors (Lipinski definition) is 3. The number of piperidine rings is 1. The maximum atomic E-state index is 12.7. The van der Waals surface area contributed by atoms with Crippen LogP contribution in [-0.2, 0) is 9.59 Å². The molecule has 9 rings (SSSR count). The van der Waals surface area contributed by atoms with Crippen molar-refractivity contribution in [1.82, 2.24) is 30.2 Å². The summed E-state index contributed by atoms with van der Waals surface area (Å²) in [5, 5.41) is 34.4. The number of nitrogens with two attached hydrogens (primary N) is 1. The maximum Gasteiger partial charge on any atom is 0.249 e. The molecule has 0 unspecified atom stereocenters. The Kier molecular flexibility index (Phi) is 8.65. The second-order valence-electron chi connectivity index (χ2n) is 15.1. The molecule has 276 valence electrons. The Bertz CT molecular complexity index is 2030. The van der Waals surface area contributed by atoms with Gasteiger partial charge in [-0.15, -0.1) is 10.2 Å². The van der Waals surface area contributed by atoms with Gasteiger partial charge in [0.25, 0.3) is 0 Å². The van der Waals surface area contributed by atoms with E-state index < -0.39 is 0 Å². The molecule has 53 heavy (non-hydrogen) atoms. The highest BCUT2D eigenvalue weighted by Crippen LogP contribution is 2.49. The molecule has 0 bridgehead atoms. The molecule has 0 spiro atoms. The highest BCUT2D eigenvalue weighted by atomic mass is 16.5. The fourth-order valence-electron chi connectivity index (χ4n) is 9.62. The Labute approximate surface area is 307 Å². The number of nitrogen functional groups attached to an aromatic ring is 1. The summed E-state index contributed by atoms with van der Waals surface area (Å²) in [6.45, 7) is 3.15. The third kappa shape index (κ3) is 6.03. The molecular weight excluding hydrogens is 674 g/mol. The molecule has 6 N–H and O–H groups in total. The van der Waals surface area contributed by atoms with Crippen molar-refractivity contribution in [1.29, 1.82) is 0 Å². The Morgan fingerprint density at radius 1 is 1.00 bits per heavy atom. The molecule has 3 saturated heterocycles. The molecule has 14 nitrogen and oxygen atoms in total. The second-order valence-corrected chi connectivity index (χ2v) is 15.1. The Morgan fingerprint density at radius 3 is 2.66 bits per heavy atom. The molecule has 2 aromatic heterocycles. The minimum atomic E-state index is -0.351. The molecule has 14 heteroatoms. The van der Waals surface area contributed by atoms with E-state index in [0.717, 1.165) is 62.3 Å². The number of carbonyl (C=O) groups is 2. The van der Waals surface area contributed by atoms with Crippen molar-refractivity contribution in [3.05, 3.63) is 66.5 Å². The van der Waals surface area contributed by atoms with Crippen LogP contribution in [0.3, 0.4) is 0 Å². The van der Waals surface area contributed by atoms with E-state index in [0.29, 0.717) is 73.5 Å². The van der Waals surface area contributed by atoms with Gasteiger partial charge in [0.2, 0.25) is 11.8 Å². The zero-order valence-electron chi connectivity index (χ0n) is 29.6. The van der Waals surface area contributed by atoms with Crippen LogP contribution in [0.5, 0.6) is 11.5 Å². The molecule has 4 aliphatic heterocycles. The lowest BCUT2D eigenvalue weighted by Gasteiger charge is -2.60. The number of imide groups is 1. The number of fused-ring (bicyclic) bond motifs is 2. The number of aromatic hydroxyl groups is 1. The largest absolute Gasteiger partial charge is 0.507 e. The van der Waals surface area contributed by atoms with Crippen LogP contribution in [0.1, 0.15) is 56.4 Å². The van der Waals surface area contributed by atoms with Crippen LogP contribution in [-0.4, -0.2) is 104 Å². The van der Waals surface area contributed by atoms with Crippen LogP contribution in [0, 0.1) is 5.92 Å². The number of piperazine rings is 1. The average Bonchev–Trinajstić information content (AvgIpc) is 3.66. The first-order chi connectivity index (χ1) is 25.9. The Morgan fingerprint density at radius 2 is 1.85 bits per heavy atom. The summed E-state index contributed by atoms with van der Waals surface area (Å²) >= 11 is 0. The van der Waals surface area contributed by atoms with Crippen molar-refractivity contribution in [3.63, 3.8) is 0 Å². The predicted molar refractivity (Wildman–Crippen MR) is 199 cm³/mol. The number of hydrogen-bond acceptors (Lipinski definition) is 11. The number of aromatic nitrogens is 4. The first kappa shape index (κ1) is 33.6. The third-order valence-electron chi connectivity index (χ3n) is 12.3. The van der Waals surface area contributed by atoms with Crippen LogP contribution >= 0.6 is 0 Å². The summed E-state index contributed by atoms with van der Waals surface area (Å²) in [6, 6.07) is 15.8. The molecular formula is C39H46N9O5+. The quantitative estimate of drug-likeness (QED) is 0.189. The zero-order valence-corrected chi connectivity index (χ0v) is 29.6. The lowest BCUT2D eigenvalue weighted by molar-refractivity contribution is -0.134. The minimum absolute atomic E-state index is 0.120. The highest BCUT2D eigenvalue weighted by Gasteiger charge is 2.51. The number of benzene rings is 2. The van der Waals surface area contributed by atoms with Gasteiger partial charge in [0.15, 0.2) is 12.4 Å². The van der Waals surface area contributed by atoms with E-state index in [1.54, 1.807) is 28.9 Å². The monoisotopic (exact) mass is 720 g/mol. The topological polar surface area (TPSA) is 178 Å². The van der Waals surface area contributed by atoms with E-state index in [1.807, 2.05) is 24.5 Å². The van der Waals surface area contributed by atoms with Gasteiger partial charge in [-0.3, -0.25) is 19.8 Å². The normalized spacial score (nSPS) is 27.3. The lowest BCUT2D eigenvalue weighted by Crippen LogP contribution is -2.72. The lowest BCUT2D eigenvalue weighted by atomic mass is 9.70. The first-order valence-electron chi connectivity index (χ1n) is 18.9.